The Kier molecular flexibility index (Phi) is 2.29. The molecule has 2 saturated carbocycles. The van der Waals surface area contributed by atoms with Gasteiger partial charge in [-0.1, -0.05) is 6.92 Å². The van der Waals surface area contributed by atoms with Gasteiger partial charge in [-0.25, -0.2) is 0 Å². The summed E-state index contributed by atoms with van der Waals surface area (Å²) in [5.41, 5.74) is -0.123. The van der Waals surface area contributed by atoms with Gasteiger partial charge in [0, 0.05) is 6.04 Å². The first-order valence-corrected chi connectivity index (χ1v) is 6.73. The van der Waals surface area contributed by atoms with Crippen molar-refractivity contribution >= 4 is 5.91 Å². The summed E-state index contributed by atoms with van der Waals surface area (Å²) in [6.07, 6.45) is 7.34. The Labute approximate surface area is 97.6 Å². The molecule has 3 aliphatic rings. The molecule has 90 valence electrons. The van der Waals surface area contributed by atoms with Crippen LogP contribution in [0, 0.1) is 5.92 Å². The number of rotatable bonds is 1. The molecule has 1 aliphatic heterocycles. The molecule has 1 N–H and O–H groups in total. The van der Waals surface area contributed by atoms with Crippen molar-refractivity contribution in [3.05, 3.63) is 0 Å². The fourth-order valence-electron chi connectivity index (χ4n) is 3.44. The van der Waals surface area contributed by atoms with Crippen LogP contribution in [0.1, 0.15) is 52.4 Å². The van der Waals surface area contributed by atoms with Gasteiger partial charge in [-0.2, -0.15) is 0 Å². The molecule has 16 heavy (non-hydrogen) atoms. The molecule has 3 heteroatoms. The van der Waals surface area contributed by atoms with Gasteiger partial charge < -0.3 is 4.90 Å². The molecular formula is C13H22N2O. The number of hydrogen-bond donors (Lipinski definition) is 1. The van der Waals surface area contributed by atoms with Gasteiger partial charge in [-0.05, 0) is 51.4 Å². The molecule has 0 aromatic rings. The van der Waals surface area contributed by atoms with Gasteiger partial charge in [0.25, 0.3) is 0 Å². The van der Waals surface area contributed by atoms with Crippen molar-refractivity contribution in [2.75, 3.05) is 0 Å². The standard InChI is InChI=1S/C13H22N2O/c1-9-3-5-11(6-4-9)15-10(2)14-13(7-8-13)12(15)16/h9-11,14H,3-8H2,1-2H3. The molecule has 1 amide bonds. The summed E-state index contributed by atoms with van der Waals surface area (Å²) in [4.78, 5) is 14.5. The first kappa shape index (κ1) is 10.6. The lowest BCUT2D eigenvalue weighted by atomic mass is 9.86. The molecule has 3 fully saturated rings. The van der Waals surface area contributed by atoms with Gasteiger partial charge in [-0.3, -0.25) is 10.1 Å². The third-order valence-corrected chi connectivity index (χ3v) is 4.68. The van der Waals surface area contributed by atoms with E-state index in [0.717, 1.165) is 18.8 Å². The van der Waals surface area contributed by atoms with E-state index in [0.29, 0.717) is 11.9 Å². The van der Waals surface area contributed by atoms with Gasteiger partial charge in [0.1, 0.15) is 0 Å². The zero-order valence-electron chi connectivity index (χ0n) is 10.3. The predicted octanol–water partition coefficient (Wildman–Crippen LogP) is 1.88. The molecule has 2 aliphatic carbocycles. The van der Waals surface area contributed by atoms with Crippen molar-refractivity contribution in [2.45, 2.75) is 70.1 Å². The molecule has 3 nitrogen and oxygen atoms in total. The Bertz CT molecular complexity index is 303. The Morgan fingerprint density at radius 1 is 1.19 bits per heavy atom. The SMILES string of the molecule is CC1CCC(N2C(=O)C3(CC3)NC2C)CC1. The van der Waals surface area contributed by atoms with E-state index in [1.54, 1.807) is 0 Å². The van der Waals surface area contributed by atoms with E-state index in [1.165, 1.54) is 25.7 Å². The van der Waals surface area contributed by atoms with Crippen LogP contribution in [0.5, 0.6) is 0 Å². The highest BCUT2D eigenvalue weighted by Crippen LogP contribution is 2.44. The second-order valence-electron chi connectivity index (χ2n) is 6.03. The minimum absolute atomic E-state index is 0.123. The summed E-state index contributed by atoms with van der Waals surface area (Å²) >= 11 is 0. The number of hydrogen-bond acceptors (Lipinski definition) is 2. The molecule has 0 aromatic carbocycles. The molecule has 1 atom stereocenters. The lowest BCUT2D eigenvalue weighted by Crippen LogP contribution is -2.44. The Hall–Kier alpha value is -0.570. The molecule has 0 bridgehead atoms. The monoisotopic (exact) mass is 222 g/mol. The van der Waals surface area contributed by atoms with Crippen LogP contribution in [-0.2, 0) is 4.79 Å². The van der Waals surface area contributed by atoms with E-state index in [2.05, 4.69) is 24.1 Å². The second-order valence-corrected chi connectivity index (χ2v) is 6.03. The zero-order chi connectivity index (χ0) is 11.3. The Morgan fingerprint density at radius 3 is 2.31 bits per heavy atom. The zero-order valence-corrected chi connectivity index (χ0v) is 10.3. The lowest BCUT2D eigenvalue weighted by Gasteiger charge is -2.35. The summed E-state index contributed by atoms with van der Waals surface area (Å²) in [5, 5.41) is 3.49. The Morgan fingerprint density at radius 2 is 1.81 bits per heavy atom. The second kappa shape index (κ2) is 3.46. The summed E-state index contributed by atoms with van der Waals surface area (Å²) in [7, 11) is 0. The van der Waals surface area contributed by atoms with Crippen LogP contribution in [0.4, 0.5) is 0 Å². The molecule has 0 radical (unpaired) electrons. The van der Waals surface area contributed by atoms with Crippen molar-refractivity contribution in [2.24, 2.45) is 5.92 Å². The van der Waals surface area contributed by atoms with Crippen molar-refractivity contribution < 1.29 is 4.79 Å². The number of carbonyl (C=O) groups excluding carboxylic acids is 1. The maximum atomic E-state index is 12.3. The minimum Gasteiger partial charge on any atom is -0.323 e. The lowest BCUT2D eigenvalue weighted by molar-refractivity contribution is -0.133. The molecule has 3 rings (SSSR count). The number of amides is 1. The largest absolute Gasteiger partial charge is 0.323 e. The van der Waals surface area contributed by atoms with Gasteiger partial charge in [0.05, 0.1) is 11.7 Å². The van der Waals surface area contributed by atoms with Crippen LogP contribution in [-0.4, -0.2) is 28.6 Å². The third-order valence-electron chi connectivity index (χ3n) is 4.68. The first-order valence-electron chi connectivity index (χ1n) is 6.73. The van der Waals surface area contributed by atoms with E-state index in [4.69, 9.17) is 0 Å². The maximum absolute atomic E-state index is 12.3. The first-order chi connectivity index (χ1) is 7.62. The van der Waals surface area contributed by atoms with Gasteiger partial charge in [0.15, 0.2) is 0 Å². The fraction of sp³-hybridized carbons (Fsp3) is 0.923. The summed E-state index contributed by atoms with van der Waals surface area (Å²) in [6.45, 7) is 4.47. The van der Waals surface area contributed by atoms with Crippen LogP contribution in [0.2, 0.25) is 0 Å². The molecule has 1 saturated heterocycles. The van der Waals surface area contributed by atoms with Crippen molar-refractivity contribution in [3.63, 3.8) is 0 Å². The minimum atomic E-state index is -0.123. The van der Waals surface area contributed by atoms with Crippen LogP contribution in [0.3, 0.4) is 0 Å². The van der Waals surface area contributed by atoms with Gasteiger partial charge in [-0.15, -0.1) is 0 Å². The highest BCUT2D eigenvalue weighted by atomic mass is 16.2. The summed E-state index contributed by atoms with van der Waals surface area (Å²) in [6, 6.07) is 0.506. The third kappa shape index (κ3) is 1.48. The molecule has 0 aromatic heterocycles. The predicted molar refractivity (Wildman–Crippen MR) is 62.8 cm³/mol. The summed E-state index contributed by atoms with van der Waals surface area (Å²) in [5.74, 6) is 1.24. The van der Waals surface area contributed by atoms with E-state index in [-0.39, 0.29) is 11.7 Å². The Balaban J connectivity index is 1.72. The van der Waals surface area contributed by atoms with Crippen molar-refractivity contribution in [3.8, 4) is 0 Å². The highest BCUT2D eigenvalue weighted by molar-refractivity contribution is 5.92. The van der Waals surface area contributed by atoms with Crippen molar-refractivity contribution in [1.29, 1.82) is 0 Å². The molecule has 1 unspecified atom stereocenters. The van der Waals surface area contributed by atoms with Gasteiger partial charge >= 0.3 is 0 Å². The highest BCUT2D eigenvalue weighted by Gasteiger charge is 2.59. The van der Waals surface area contributed by atoms with Crippen molar-refractivity contribution in [1.82, 2.24) is 10.2 Å². The average Bonchev–Trinajstić information content (AvgIpc) is 2.97. The average molecular weight is 222 g/mol. The van der Waals surface area contributed by atoms with E-state index in [9.17, 15) is 4.79 Å². The number of nitrogens with zero attached hydrogens (tertiary/aromatic N) is 1. The smallest absolute Gasteiger partial charge is 0.244 e. The number of nitrogens with one attached hydrogen (secondary N) is 1. The summed E-state index contributed by atoms with van der Waals surface area (Å²) < 4.78 is 0. The van der Waals surface area contributed by atoms with Crippen LogP contribution in [0.25, 0.3) is 0 Å². The number of carbonyl (C=O) groups is 1. The van der Waals surface area contributed by atoms with Crippen LogP contribution >= 0.6 is 0 Å². The van der Waals surface area contributed by atoms with E-state index < -0.39 is 0 Å². The van der Waals surface area contributed by atoms with Crippen LogP contribution < -0.4 is 5.32 Å². The molecule has 1 spiro atoms. The van der Waals surface area contributed by atoms with E-state index in [1.807, 2.05) is 0 Å². The topological polar surface area (TPSA) is 32.3 Å². The van der Waals surface area contributed by atoms with Crippen LogP contribution in [0.15, 0.2) is 0 Å². The van der Waals surface area contributed by atoms with E-state index >= 15 is 0 Å². The maximum Gasteiger partial charge on any atom is 0.244 e. The van der Waals surface area contributed by atoms with Gasteiger partial charge in [0.2, 0.25) is 5.91 Å². The molecule has 1 heterocycles. The molecular weight excluding hydrogens is 200 g/mol. The normalized spacial score (nSPS) is 41.8. The quantitative estimate of drug-likeness (QED) is 0.734. The fourth-order valence-corrected chi connectivity index (χ4v) is 3.44.